The maximum absolute atomic E-state index is 12.9. The molecule has 1 N–H and O–H groups in total. The van der Waals surface area contributed by atoms with Crippen LogP contribution in [0.1, 0.15) is 53.2 Å². The van der Waals surface area contributed by atoms with E-state index in [4.69, 9.17) is 0 Å². The van der Waals surface area contributed by atoms with E-state index >= 15 is 0 Å². The van der Waals surface area contributed by atoms with Crippen molar-refractivity contribution < 1.29 is 9.59 Å². The lowest BCUT2D eigenvalue weighted by Gasteiger charge is -2.32. The molecule has 1 heterocycles. The number of hydrogen-bond donors (Lipinski definition) is 1. The number of rotatable bonds is 5. The van der Waals surface area contributed by atoms with Crippen molar-refractivity contribution in [2.75, 3.05) is 13.1 Å². The fourth-order valence-corrected chi connectivity index (χ4v) is 4.16. The van der Waals surface area contributed by atoms with E-state index < -0.39 is 0 Å². The molecule has 2 amide bonds. The van der Waals surface area contributed by atoms with Gasteiger partial charge in [-0.2, -0.15) is 0 Å². The molecule has 1 aliphatic carbocycles. The Morgan fingerprint density at radius 2 is 1.57 bits per heavy atom. The third kappa shape index (κ3) is 4.11. The largest absolute Gasteiger partial charge is 0.349 e. The second-order valence-corrected chi connectivity index (χ2v) is 8.12. The Morgan fingerprint density at radius 3 is 2.21 bits per heavy atom. The van der Waals surface area contributed by atoms with Crippen LogP contribution in [0.4, 0.5) is 0 Å². The summed E-state index contributed by atoms with van der Waals surface area (Å²) in [6.45, 7) is 3.25. The third-order valence-electron chi connectivity index (χ3n) is 6.08. The zero-order chi connectivity index (χ0) is 19.5. The molecule has 146 valence electrons. The fraction of sp³-hybridized carbons (Fsp3) is 0.417. The van der Waals surface area contributed by atoms with Gasteiger partial charge in [-0.1, -0.05) is 48.5 Å². The summed E-state index contributed by atoms with van der Waals surface area (Å²) < 4.78 is 0. The summed E-state index contributed by atoms with van der Waals surface area (Å²) in [6, 6.07) is 18.1. The molecule has 4 heteroatoms. The average Bonchev–Trinajstić information content (AvgIpc) is 3.58. The molecule has 0 spiro atoms. The smallest absolute Gasteiger partial charge is 0.254 e. The van der Waals surface area contributed by atoms with Crippen LogP contribution in [0.5, 0.6) is 0 Å². The Balaban J connectivity index is 1.35. The van der Waals surface area contributed by atoms with Gasteiger partial charge in [0.1, 0.15) is 0 Å². The Labute approximate surface area is 166 Å². The number of aryl methyl sites for hydroxylation is 1. The molecule has 28 heavy (non-hydrogen) atoms. The summed E-state index contributed by atoms with van der Waals surface area (Å²) in [5.74, 6) is 0.779. The van der Waals surface area contributed by atoms with Crippen LogP contribution in [0, 0.1) is 18.8 Å². The molecular formula is C24H28N2O2. The molecule has 2 aliphatic rings. The van der Waals surface area contributed by atoms with Crippen LogP contribution in [0.3, 0.4) is 0 Å². The molecule has 0 unspecified atom stereocenters. The van der Waals surface area contributed by atoms with E-state index in [2.05, 4.69) is 17.4 Å². The summed E-state index contributed by atoms with van der Waals surface area (Å²) in [5, 5.41) is 3.31. The van der Waals surface area contributed by atoms with E-state index in [0.717, 1.165) is 24.0 Å². The summed E-state index contributed by atoms with van der Waals surface area (Å²) in [6.07, 6.45) is 3.83. The lowest BCUT2D eigenvalue weighted by Crippen LogP contribution is -2.44. The van der Waals surface area contributed by atoms with E-state index in [1.54, 1.807) is 0 Å². The number of amides is 2. The highest BCUT2D eigenvalue weighted by Crippen LogP contribution is 2.41. The van der Waals surface area contributed by atoms with E-state index in [1.165, 1.54) is 18.4 Å². The van der Waals surface area contributed by atoms with Crippen LogP contribution in [-0.2, 0) is 4.79 Å². The Hall–Kier alpha value is -2.62. The molecule has 0 aromatic heterocycles. The first-order valence-electron chi connectivity index (χ1n) is 10.3. The second kappa shape index (κ2) is 8.17. The maximum atomic E-state index is 12.9. The van der Waals surface area contributed by atoms with Crippen LogP contribution >= 0.6 is 0 Å². The summed E-state index contributed by atoms with van der Waals surface area (Å²) in [5.41, 5.74) is 2.97. The molecule has 1 saturated carbocycles. The zero-order valence-corrected chi connectivity index (χ0v) is 16.4. The topological polar surface area (TPSA) is 49.4 Å². The molecule has 1 atom stereocenters. The number of carbonyl (C=O) groups is 2. The van der Waals surface area contributed by atoms with Gasteiger partial charge in [-0.15, -0.1) is 0 Å². The van der Waals surface area contributed by atoms with E-state index in [1.807, 2.05) is 54.3 Å². The first-order valence-corrected chi connectivity index (χ1v) is 10.3. The van der Waals surface area contributed by atoms with Crippen molar-refractivity contribution in [3.63, 3.8) is 0 Å². The third-order valence-corrected chi connectivity index (χ3v) is 6.08. The highest BCUT2D eigenvalue weighted by Gasteiger charge is 2.35. The molecule has 0 bridgehead atoms. The number of hydrogen-bond acceptors (Lipinski definition) is 2. The van der Waals surface area contributed by atoms with Crippen LogP contribution < -0.4 is 5.32 Å². The first kappa shape index (κ1) is 18.7. The Bertz CT molecular complexity index is 837. The Kier molecular flexibility index (Phi) is 5.47. The van der Waals surface area contributed by atoms with Gasteiger partial charge in [0.25, 0.3) is 5.91 Å². The standard InChI is InChI=1S/C24H28N2O2/c1-17-7-5-6-10-21(17)24(28)26-15-13-20(14-16-26)23(27)25-22(19-11-12-19)18-8-3-2-4-9-18/h2-10,19-20,22H,11-16H2,1H3,(H,25,27)/t22-/m0/s1. The van der Waals surface area contributed by atoms with Crippen LogP contribution in [0.2, 0.25) is 0 Å². The predicted molar refractivity (Wildman–Crippen MR) is 110 cm³/mol. The van der Waals surface area contributed by atoms with Crippen molar-refractivity contribution in [2.45, 2.75) is 38.6 Å². The summed E-state index contributed by atoms with van der Waals surface area (Å²) in [4.78, 5) is 27.6. The van der Waals surface area contributed by atoms with Crippen molar-refractivity contribution in [3.8, 4) is 0 Å². The van der Waals surface area contributed by atoms with Crippen LogP contribution in [0.25, 0.3) is 0 Å². The van der Waals surface area contributed by atoms with Crippen LogP contribution in [-0.4, -0.2) is 29.8 Å². The Morgan fingerprint density at radius 1 is 0.929 bits per heavy atom. The monoisotopic (exact) mass is 376 g/mol. The molecular weight excluding hydrogens is 348 g/mol. The molecule has 1 saturated heterocycles. The van der Waals surface area contributed by atoms with Crippen molar-refractivity contribution in [1.29, 1.82) is 0 Å². The fourth-order valence-electron chi connectivity index (χ4n) is 4.16. The lowest BCUT2D eigenvalue weighted by atomic mass is 9.93. The minimum Gasteiger partial charge on any atom is -0.349 e. The molecule has 2 aromatic rings. The molecule has 2 aromatic carbocycles. The predicted octanol–water partition coefficient (Wildman–Crippen LogP) is 4.11. The summed E-state index contributed by atoms with van der Waals surface area (Å²) >= 11 is 0. The molecule has 4 nitrogen and oxygen atoms in total. The van der Waals surface area contributed by atoms with Gasteiger partial charge in [0, 0.05) is 24.6 Å². The highest BCUT2D eigenvalue weighted by atomic mass is 16.2. The van der Waals surface area contributed by atoms with Crippen molar-refractivity contribution in [2.24, 2.45) is 11.8 Å². The minimum absolute atomic E-state index is 0.00844. The molecule has 0 radical (unpaired) electrons. The molecule has 2 fully saturated rings. The van der Waals surface area contributed by atoms with E-state index in [0.29, 0.717) is 19.0 Å². The number of carbonyl (C=O) groups excluding carboxylic acids is 2. The van der Waals surface area contributed by atoms with Gasteiger partial charge < -0.3 is 10.2 Å². The van der Waals surface area contributed by atoms with Crippen LogP contribution in [0.15, 0.2) is 54.6 Å². The van der Waals surface area contributed by atoms with Gasteiger partial charge in [0.2, 0.25) is 5.91 Å². The second-order valence-electron chi connectivity index (χ2n) is 8.12. The minimum atomic E-state index is -0.00844. The van der Waals surface area contributed by atoms with E-state index in [9.17, 15) is 9.59 Å². The van der Waals surface area contributed by atoms with Gasteiger partial charge in [0.05, 0.1) is 6.04 Å². The lowest BCUT2D eigenvalue weighted by molar-refractivity contribution is -0.127. The number of nitrogens with zero attached hydrogens (tertiary/aromatic N) is 1. The maximum Gasteiger partial charge on any atom is 0.254 e. The zero-order valence-electron chi connectivity index (χ0n) is 16.4. The highest BCUT2D eigenvalue weighted by molar-refractivity contribution is 5.95. The normalized spacial score (nSPS) is 18.5. The molecule has 4 rings (SSSR count). The number of benzene rings is 2. The number of likely N-dealkylation sites (tertiary alicyclic amines) is 1. The number of nitrogens with one attached hydrogen (secondary N) is 1. The average molecular weight is 377 g/mol. The van der Waals surface area contributed by atoms with Gasteiger partial charge in [-0.3, -0.25) is 9.59 Å². The van der Waals surface area contributed by atoms with Gasteiger partial charge in [-0.25, -0.2) is 0 Å². The first-order chi connectivity index (χ1) is 13.6. The molecule has 1 aliphatic heterocycles. The van der Waals surface area contributed by atoms with Gasteiger partial charge >= 0.3 is 0 Å². The quantitative estimate of drug-likeness (QED) is 0.854. The van der Waals surface area contributed by atoms with Crippen molar-refractivity contribution >= 4 is 11.8 Å². The SMILES string of the molecule is Cc1ccccc1C(=O)N1CCC(C(=O)N[C@@H](c2ccccc2)C2CC2)CC1. The van der Waals surface area contributed by atoms with Crippen molar-refractivity contribution in [1.82, 2.24) is 10.2 Å². The number of piperidine rings is 1. The van der Waals surface area contributed by atoms with E-state index in [-0.39, 0.29) is 23.8 Å². The van der Waals surface area contributed by atoms with Gasteiger partial charge in [0.15, 0.2) is 0 Å². The van der Waals surface area contributed by atoms with Gasteiger partial charge in [-0.05, 0) is 55.7 Å². The van der Waals surface area contributed by atoms with Crippen molar-refractivity contribution in [3.05, 3.63) is 71.3 Å². The summed E-state index contributed by atoms with van der Waals surface area (Å²) in [7, 11) is 0.